The Bertz CT molecular complexity index is 1020. The molecule has 2 heterocycles. The molecule has 8 heteroatoms. The molecule has 1 aliphatic heterocycles. The molecular formula is C22H25N5O2S. The zero-order chi connectivity index (χ0) is 21.1. The molecule has 0 aliphatic carbocycles. The number of nitrogens with zero attached hydrogens (tertiary/aromatic N) is 3. The van der Waals surface area contributed by atoms with Crippen molar-refractivity contribution in [1.82, 2.24) is 14.9 Å². The van der Waals surface area contributed by atoms with Gasteiger partial charge in [-0.25, -0.2) is 4.68 Å². The van der Waals surface area contributed by atoms with Crippen LogP contribution in [0.25, 0.3) is 0 Å². The highest BCUT2D eigenvalue weighted by atomic mass is 32.2. The molecule has 0 spiro atoms. The van der Waals surface area contributed by atoms with E-state index in [4.69, 9.17) is 4.74 Å². The summed E-state index contributed by atoms with van der Waals surface area (Å²) in [6.07, 6.45) is 1.73. The van der Waals surface area contributed by atoms with Crippen molar-refractivity contribution < 1.29 is 9.53 Å². The Morgan fingerprint density at radius 1 is 1.10 bits per heavy atom. The lowest BCUT2D eigenvalue weighted by molar-refractivity contribution is -0.116. The van der Waals surface area contributed by atoms with Crippen LogP contribution in [-0.2, 0) is 17.6 Å². The maximum Gasteiger partial charge on any atom is 0.240 e. The number of anilines is 1. The standard InChI is InChI=1S/C22H25N5O2S/c1-4-14-6-8-15(9-7-14)19-20(30-22-25-24-18(5-2)27(22)26-19)21(28)23-16-10-12-17(29-3)13-11-16/h6-13,19-20,26H,4-5H2,1-3H3,(H,23,28)/t19-,20-/m1/s1. The second kappa shape index (κ2) is 8.79. The van der Waals surface area contributed by atoms with Crippen LogP contribution in [0.1, 0.15) is 36.8 Å². The number of aromatic nitrogens is 3. The van der Waals surface area contributed by atoms with Crippen molar-refractivity contribution >= 4 is 23.4 Å². The maximum absolute atomic E-state index is 13.3. The van der Waals surface area contributed by atoms with Crippen molar-refractivity contribution in [2.75, 3.05) is 17.9 Å². The number of hydrogen-bond acceptors (Lipinski definition) is 6. The number of rotatable bonds is 6. The largest absolute Gasteiger partial charge is 0.497 e. The van der Waals surface area contributed by atoms with Gasteiger partial charge in [-0.2, -0.15) is 0 Å². The van der Waals surface area contributed by atoms with E-state index in [9.17, 15) is 4.79 Å². The predicted molar refractivity (Wildman–Crippen MR) is 119 cm³/mol. The quantitative estimate of drug-likeness (QED) is 0.628. The number of ether oxygens (including phenoxy) is 1. The third-order valence-corrected chi connectivity index (χ3v) is 6.40. The van der Waals surface area contributed by atoms with Gasteiger partial charge in [0.05, 0.1) is 13.2 Å². The molecule has 4 rings (SSSR count). The molecule has 2 atom stereocenters. The molecule has 2 aromatic carbocycles. The van der Waals surface area contributed by atoms with E-state index >= 15 is 0 Å². The molecule has 0 fully saturated rings. The molecular weight excluding hydrogens is 398 g/mol. The van der Waals surface area contributed by atoms with Crippen LogP contribution in [0, 0.1) is 0 Å². The lowest BCUT2D eigenvalue weighted by Crippen LogP contribution is -2.41. The van der Waals surface area contributed by atoms with Crippen molar-refractivity contribution in [2.24, 2.45) is 0 Å². The van der Waals surface area contributed by atoms with Crippen LogP contribution >= 0.6 is 11.8 Å². The second-order valence-corrected chi connectivity index (χ2v) is 8.15. The predicted octanol–water partition coefficient (Wildman–Crippen LogP) is 3.81. The summed E-state index contributed by atoms with van der Waals surface area (Å²) in [4.78, 5) is 13.3. The van der Waals surface area contributed by atoms with E-state index in [0.717, 1.165) is 35.7 Å². The number of fused-ring (bicyclic) bond motifs is 1. The van der Waals surface area contributed by atoms with Gasteiger partial charge in [-0.3, -0.25) is 4.79 Å². The van der Waals surface area contributed by atoms with E-state index in [1.54, 1.807) is 7.11 Å². The first-order valence-electron chi connectivity index (χ1n) is 10.0. The van der Waals surface area contributed by atoms with E-state index in [0.29, 0.717) is 5.16 Å². The Kier molecular flexibility index (Phi) is 5.94. The van der Waals surface area contributed by atoms with Crippen LogP contribution in [0.2, 0.25) is 0 Å². The summed E-state index contributed by atoms with van der Waals surface area (Å²) in [6.45, 7) is 4.17. The van der Waals surface area contributed by atoms with E-state index in [1.807, 2.05) is 35.9 Å². The monoisotopic (exact) mass is 423 g/mol. The molecule has 0 saturated heterocycles. The normalized spacial score (nSPS) is 17.7. The number of hydrogen-bond donors (Lipinski definition) is 2. The molecule has 0 radical (unpaired) electrons. The van der Waals surface area contributed by atoms with Gasteiger partial charge < -0.3 is 15.5 Å². The van der Waals surface area contributed by atoms with Gasteiger partial charge in [0.2, 0.25) is 11.1 Å². The van der Waals surface area contributed by atoms with E-state index in [1.165, 1.54) is 17.3 Å². The van der Waals surface area contributed by atoms with Gasteiger partial charge >= 0.3 is 0 Å². The van der Waals surface area contributed by atoms with Crippen LogP contribution in [-0.4, -0.2) is 33.1 Å². The average molecular weight is 424 g/mol. The maximum atomic E-state index is 13.3. The fourth-order valence-electron chi connectivity index (χ4n) is 3.43. The summed E-state index contributed by atoms with van der Waals surface area (Å²) in [5.74, 6) is 1.51. The summed E-state index contributed by atoms with van der Waals surface area (Å²) >= 11 is 1.43. The lowest BCUT2D eigenvalue weighted by Gasteiger charge is -2.33. The van der Waals surface area contributed by atoms with Crippen molar-refractivity contribution in [3.63, 3.8) is 0 Å². The van der Waals surface area contributed by atoms with Gasteiger partial charge in [-0.15, -0.1) is 10.2 Å². The van der Waals surface area contributed by atoms with Crippen molar-refractivity contribution in [3.05, 3.63) is 65.5 Å². The zero-order valence-corrected chi connectivity index (χ0v) is 18.1. The molecule has 30 heavy (non-hydrogen) atoms. The van der Waals surface area contributed by atoms with E-state index in [2.05, 4.69) is 52.1 Å². The van der Waals surface area contributed by atoms with Gasteiger partial charge in [-0.1, -0.05) is 49.9 Å². The molecule has 1 amide bonds. The first-order valence-corrected chi connectivity index (χ1v) is 10.9. The zero-order valence-electron chi connectivity index (χ0n) is 17.3. The Labute approximate surface area is 180 Å². The Morgan fingerprint density at radius 3 is 2.47 bits per heavy atom. The van der Waals surface area contributed by atoms with Crippen molar-refractivity contribution in [2.45, 2.75) is 43.1 Å². The smallest absolute Gasteiger partial charge is 0.240 e. The molecule has 0 saturated carbocycles. The van der Waals surface area contributed by atoms with Crippen LogP contribution < -0.4 is 15.5 Å². The SMILES string of the molecule is CCc1ccc([C@H]2Nn3c(CC)nnc3S[C@H]2C(=O)Nc2ccc(OC)cc2)cc1. The third kappa shape index (κ3) is 4.00. The minimum atomic E-state index is -0.402. The number of carbonyl (C=O) groups excluding carboxylic acids is 1. The Morgan fingerprint density at radius 2 is 1.83 bits per heavy atom. The van der Waals surface area contributed by atoms with Gasteiger partial charge in [0, 0.05) is 12.1 Å². The number of nitrogens with one attached hydrogen (secondary N) is 2. The second-order valence-electron chi connectivity index (χ2n) is 7.05. The van der Waals surface area contributed by atoms with Crippen LogP contribution in [0.15, 0.2) is 53.7 Å². The van der Waals surface area contributed by atoms with Crippen molar-refractivity contribution in [3.8, 4) is 5.75 Å². The van der Waals surface area contributed by atoms with Crippen LogP contribution in [0.3, 0.4) is 0 Å². The third-order valence-electron chi connectivity index (χ3n) is 5.18. The summed E-state index contributed by atoms with van der Waals surface area (Å²) in [7, 11) is 1.62. The summed E-state index contributed by atoms with van der Waals surface area (Å²) in [6, 6.07) is 15.5. The van der Waals surface area contributed by atoms with Gasteiger partial charge in [0.25, 0.3) is 0 Å². The molecule has 2 N–H and O–H groups in total. The number of amides is 1. The molecule has 1 aromatic heterocycles. The Balaban J connectivity index is 1.63. The molecule has 156 valence electrons. The van der Waals surface area contributed by atoms with Gasteiger partial charge in [0.1, 0.15) is 11.0 Å². The minimum absolute atomic E-state index is 0.0884. The highest BCUT2D eigenvalue weighted by Crippen LogP contribution is 2.37. The summed E-state index contributed by atoms with van der Waals surface area (Å²) in [5, 5.41) is 11.8. The topological polar surface area (TPSA) is 81.1 Å². The molecule has 0 unspecified atom stereocenters. The minimum Gasteiger partial charge on any atom is -0.497 e. The number of carbonyl (C=O) groups is 1. The first kappa shape index (κ1) is 20.3. The van der Waals surface area contributed by atoms with E-state index in [-0.39, 0.29) is 11.9 Å². The Hall–Kier alpha value is -3.00. The van der Waals surface area contributed by atoms with Gasteiger partial charge in [0.15, 0.2) is 5.82 Å². The number of aryl methyl sites for hydroxylation is 2. The van der Waals surface area contributed by atoms with Crippen LogP contribution in [0.4, 0.5) is 5.69 Å². The summed E-state index contributed by atoms with van der Waals surface area (Å²) < 4.78 is 7.09. The van der Waals surface area contributed by atoms with Crippen LogP contribution in [0.5, 0.6) is 5.75 Å². The highest BCUT2D eigenvalue weighted by Gasteiger charge is 2.37. The molecule has 0 bridgehead atoms. The van der Waals surface area contributed by atoms with Gasteiger partial charge in [-0.05, 0) is 41.8 Å². The molecule has 3 aromatic rings. The lowest BCUT2D eigenvalue weighted by atomic mass is 10.0. The number of thioether (sulfide) groups is 1. The molecule has 7 nitrogen and oxygen atoms in total. The summed E-state index contributed by atoms with van der Waals surface area (Å²) in [5.41, 5.74) is 6.52. The number of benzene rings is 2. The number of methoxy groups -OCH3 is 1. The highest BCUT2D eigenvalue weighted by molar-refractivity contribution is 8.00. The molecule has 1 aliphatic rings. The fraction of sp³-hybridized carbons (Fsp3) is 0.318. The fourth-order valence-corrected chi connectivity index (χ4v) is 4.52. The first-order chi connectivity index (χ1) is 14.6. The van der Waals surface area contributed by atoms with E-state index < -0.39 is 5.25 Å². The average Bonchev–Trinajstić information content (AvgIpc) is 3.21. The van der Waals surface area contributed by atoms with Crippen molar-refractivity contribution in [1.29, 1.82) is 0 Å².